The minimum atomic E-state index is -3.05. The summed E-state index contributed by atoms with van der Waals surface area (Å²) in [6.45, 7) is -2.72. The highest BCUT2D eigenvalue weighted by Crippen LogP contribution is 2.38. The number of halogens is 4. The van der Waals surface area contributed by atoms with Gasteiger partial charge in [0.2, 0.25) is 0 Å². The summed E-state index contributed by atoms with van der Waals surface area (Å²) in [6.07, 6.45) is 3.17. The second-order valence-corrected chi connectivity index (χ2v) is 9.86. The summed E-state index contributed by atoms with van der Waals surface area (Å²) in [5.74, 6) is -0.232. The zero-order valence-corrected chi connectivity index (χ0v) is 20.4. The number of carbonyl (C=O) groups excluding carboxylic acids is 2. The third kappa shape index (κ3) is 6.80. The van der Waals surface area contributed by atoms with Crippen molar-refractivity contribution in [2.75, 3.05) is 12.4 Å². The topological polar surface area (TPSA) is 101 Å². The molecule has 2 aliphatic rings. The van der Waals surface area contributed by atoms with Crippen molar-refractivity contribution in [3.63, 3.8) is 0 Å². The number of amides is 1. The highest BCUT2D eigenvalue weighted by atomic mass is 35.5. The lowest BCUT2D eigenvalue weighted by Crippen LogP contribution is -2.37. The Balaban J connectivity index is 1.65. The lowest BCUT2D eigenvalue weighted by molar-refractivity contribution is -0.605. The van der Waals surface area contributed by atoms with Gasteiger partial charge in [-0.25, -0.2) is 4.79 Å². The van der Waals surface area contributed by atoms with Crippen LogP contribution in [0.2, 0.25) is 10.0 Å². The van der Waals surface area contributed by atoms with E-state index in [1.54, 1.807) is 0 Å². The maximum Gasteiger partial charge on any atom is 0.387 e. The minimum absolute atomic E-state index is 0.0326. The van der Waals surface area contributed by atoms with Crippen molar-refractivity contribution in [1.82, 2.24) is 5.32 Å². The number of nitrogens with one attached hydrogen (secondary N) is 1. The maximum atomic E-state index is 12.9. The predicted molar refractivity (Wildman–Crippen MR) is 124 cm³/mol. The molecule has 1 saturated carbocycles. The van der Waals surface area contributed by atoms with Crippen molar-refractivity contribution in [3.8, 4) is 11.5 Å². The quantitative estimate of drug-likeness (QED) is 0.261. The van der Waals surface area contributed by atoms with E-state index in [0.717, 1.165) is 37.0 Å². The lowest BCUT2D eigenvalue weighted by Gasteiger charge is -2.22. The zero-order chi connectivity index (χ0) is 25.1. The van der Waals surface area contributed by atoms with Gasteiger partial charge in [0.25, 0.3) is 5.24 Å². The Labute approximate surface area is 213 Å². The molecule has 1 amide bonds. The summed E-state index contributed by atoms with van der Waals surface area (Å²) >= 11 is 13.4. The molecule has 1 aliphatic carbocycles. The number of esters is 1. The van der Waals surface area contributed by atoms with Crippen LogP contribution < -0.4 is 19.5 Å². The van der Waals surface area contributed by atoms with Gasteiger partial charge in [-0.2, -0.15) is 13.5 Å². The molecule has 35 heavy (non-hydrogen) atoms. The van der Waals surface area contributed by atoms with Gasteiger partial charge in [-0.05, 0) is 36.5 Å². The van der Waals surface area contributed by atoms with Crippen LogP contribution in [0.1, 0.15) is 30.1 Å². The second-order valence-electron chi connectivity index (χ2n) is 8.06. The first-order chi connectivity index (χ1) is 16.7. The Morgan fingerprint density at radius 2 is 1.94 bits per heavy atom. The van der Waals surface area contributed by atoms with Gasteiger partial charge >= 0.3 is 12.6 Å². The Hall–Kier alpha value is -2.50. The number of carbonyl (C=O) groups is 2. The van der Waals surface area contributed by atoms with Crippen LogP contribution in [0.3, 0.4) is 0 Å². The summed E-state index contributed by atoms with van der Waals surface area (Å²) in [4.78, 5) is 24.3. The fraction of sp³-hybridized carbons (Fsp3) is 0.409. The minimum Gasteiger partial charge on any atom is -0.619 e. The van der Waals surface area contributed by atoms with Crippen LogP contribution in [0.25, 0.3) is 0 Å². The zero-order valence-electron chi connectivity index (χ0n) is 18.0. The van der Waals surface area contributed by atoms with E-state index in [0.29, 0.717) is 28.4 Å². The number of aromatic nitrogens is 1. The van der Waals surface area contributed by atoms with Crippen molar-refractivity contribution in [2.45, 2.75) is 38.0 Å². The molecule has 0 radical (unpaired) electrons. The van der Waals surface area contributed by atoms with Crippen LogP contribution in [0.5, 0.6) is 11.5 Å². The number of rotatable bonds is 10. The van der Waals surface area contributed by atoms with Gasteiger partial charge in [-0.15, -0.1) is 0 Å². The molecule has 13 heteroatoms. The number of ether oxygens (including phenoxy) is 3. The third-order valence-corrected chi connectivity index (χ3v) is 6.92. The van der Waals surface area contributed by atoms with Crippen molar-refractivity contribution in [2.24, 2.45) is 5.92 Å². The number of hydrogen-bond acceptors (Lipinski definition) is 7. The number of nitrogens with zero attached hydrogens (tertiary/aromatic N) is 1. The van der Waals surface area contributed by atoms with Crippen molar-refractivity contribution >= 4 is 46.2 Å². The number of hydrogen-bond donors (Lipinski definition) is 1. The molecular formula is C22H20Cl2F2N2O6S. The molecule has 1 aromatic carbocycles. The van der Waals surface area contributed by atoms with Crippen LogP contribution in [0.4, 0.5) is 13.6 Å². The third-order valence-electron chi connectivity index (χ3n) is 5.39. The normalized spacial score (nSPS) is 18.3. The van der Waals surface area contributed by atoms with E-state index in [2.05, 4.69) is 10.1 Å². The highest BCUT2D eigenvalue weighted by Gasteiger charge is 2.33. The SMILES string of the molecule is O=C1NC(C(=O)OC(Cc2c(Cl)c[n+]([O-])cc2Cl)c2ccc(OC(F)F)c(OCC3CC3)c2)CS1. The molecule has 2 fully saturated rings. The van der Waals surface area contributed by atoms with E-state index in [-0.39, 0.29) is 39.0 Å². The van der Waals surface area contributed by atoms with Gasteiger partial charge in [0, 0.05) is 17.7 Å². The number of alkyl halides is 2. The van der Waals surface area contributed by atoms with E-state index in [1.807, 2.05) is 0 Å². The fourth-order valence-corrected chi connectivity index (χ4v) is 4.76. The van der Waals surface area contributed by atoms with Crippen LogP contribution in [-0.4, -0.2) is 36.2 Å². The maximum absolute atomic E-state index is 12.9. The van der Waals surface area contributed by atoms with E-state index >= 15 is 0 Å². The molecule has 1 aliphatic heterocycles. The number of benzene rings is 1. The van der Waals surface area contributed by atoms with E-state index in [9.17, 15) is 23.6 Å². The van der Waals surface area contributed by atoms with Crippen LogP contribution in [0.15, 0.2) is 30.6 Å². The van der Waals surface area contributed by atoms with Gasteiger partial charge in [-0.3, -0.25) is 4.79 Å². The van der Waals surface area contributed by atoms with Crippen LogP contribution in [-0.2, 0) is 16.0 Å². The summed E-state index contributed by atoms with van der Waals surface area (Å²) in [5, 5.41) is 13.9. The smallest absolute Gasteiger partial charge is 0.387 e. The number of thioether (sulfide) groups is 1. The average Bonchev–Trinajstić information content (AvgIpc) is 3.52. The molecule has 2 heterocycles. The van der Waals surface area contributed by atoms with Crippen LogP contribution in [0, 0.1) is 11.1 Å². The molecule has 0 spiro atoms. The monoisotopic (exact) mass is 548 g/mol. The lowest BCUT2D eigenvalue weighted by atomic mass is 10.0. The average molecular weight is 549 g/mol. The van der Waals surface area contributed by atoms with E-state index in [1.165, 1.54) is 18.2 Å². The Bertz CT molecular complexity index is 1100. The standard InChI is InChI=1S/C22H20Cl2F2N2O6S/c23-14-7-28(31)8-15(24)13(14)6-18(33-20(29)16-10-35-22(30)27-16)12-3-4-17(34-21(25)26)19(5-12)32-9-11-1-2-11/h3-5,7-8,11,16,18,21H,1-2,6,9-10H2,(H,27,30). The molecule has 1 aromatic heterocycles. The summed E-state index contributed by atoms with van der Waals surface area (Å²) in [6, 6.07) is 3.36. The first-order valence-electron chi connectivity index (χ1n) is 10.6. The first-order valence-corrected chi connectivity index (χ1v) is 12.4. The molecule has 2 aromatic rings. The number of pyridine rings is 1. The molecule has 2 atom stereocenters. The van der Waals surface area contributed by atoms with Gasteiger partial charge in [0.05, 0.1) is 6.61 Å². The highest BCUT2D eigenvalue weighted by molar-refractivity contribution is 8.14. The Morgan fingerprint density at radius 1 is 1.23 bits per heavy atom. The summed E-state index contributed by atoms with van der Waals surface area (Å²) in [5.41, 5.74) is 0.741. The largest absolute Gasteiger partial charge is 0.619 e. The van der Waals surface area contributed by atoms with E-state index < -0.39 is 24.7 Å². The molecule has 1 N–H and O–H groups in total. The van der Waals surface area contributed by atoms with Crippen molar-refractivity contribution in [3.05, 3.63) is 57.0 Å². The van der Waals surface area contributed by atoms with E-state index in [4.69, 9.17) is 32.7 Å². The molecule has 2 unspecified atom stereocenters. The summed E-state index contributed by atoms with van der Waals surface area (Å²) in [7, 11) is 0. The predicted octanol–water partition coefficient (Wildman–Crippen LogP) is 4.67. The molecule has 0 bridgehead atoms. The van der Waals surface area contributed by atoms with Crippen LogP contribution >= 0.6 is 35.0 Å². The van der Waals surface area contributed by atoms with Gasteiger partial charge < -0.3 is 24.7 Å². The Kier molecular flexibility index (Phi) is 8.08. The fourth-order valence-electron chi connectivity index (χ4n) is 3.40. The Morgan fingerprint density at radius 3 is 2.54 bits per heavy atom. The van der Waals surface area contributed by atoms with Gasteiger partial charge in [-0.1, -0.05) is 41.0 Å². The second kappa shape index (κ2) is 11.0. The summed E-state index contributed by atoms with van der Waals surface area (Å²) < 4.78 is 42.3. The molecule has 4 rings (SSSR count). The molecular weight excluding hydrogens is 529 g/mol. The van der Waals surface area contributed by atoms with Crippen molar-refractivity contribution < 1.29 is 37.3 Å². The molecule has 1 saturated heterocycles. The van der Waals surface area contributed by atoms with Gasteiger partial charge in [0.15, 0.2) is 23.9 Å². The van der Waals surface area contributed by atoms with Crippen molar-refractivity contribution in [1.29, 1.82) is 0 Å². The molecule has 8 nitrogen and oxygen atoms in total. The first kappa shape index (κ1) is 25.6. The molecule has 188 valence electrons. The van der Waals surface area contributed by atoms with Gasteiger partial charge in [0.1, 0.15) is 22.2 Å².